The molecule has 3 N–H and O–H groups in total. The standard InChI is InChI=1S/C15H24N4O2/c1-14(2)12-11(5-4-8-21-12)15(14,16)13(20)17-9-10-6-7-19(3)18-10/h6-7,11-12H,4-5,8-9,16H2,1-3H3,(H,17,20). The Kier molecular flexibility index (Phi) is 3.33. The summed E-state index contributed by atoms with van der Waals surface area (Å²) in [4.78, 5) is 12.7. The van der Waals surface area contributed by atoms with E-state index in [9.17, 15) is 4.79 Å². The van der Waals surface area contributed by atoms with Gasteiger partial charge in [0.15, 0.2) is 0 Å². The third-order valence-corrected chi connectivity index (χ3v) is 5.26. The first-order valence-electron chi connectivity index (χ1n) is 7.54. The van der Waals surface area contributed by atoms with Crippen LogP contribution in [0.25, 0.3) is 0 Å². The minimum atomic E-state index is -0.854. The summed E-state index contributed by atoms with van der Waals surface area (Å²) >= 11 is 0. The van der Waals surface area contributed by atoms with Gasteiger partial charge in [0.2, 0.25) is 5.91 Å². The first-order valence-corrected chi connectivity index (χ1v) is 7.54. The van der Waals surface area contributed by atoms with Crippen molar-refractivity contribution >= 4 is 5.91 Å². The maximum absolute atomic E-state index is 12.7. The van der Waals surface area contributed by atoms with Crippen LogP contribution < -0.4 is 11.1 Å². The maximum atomic E-state index is 12.7. The molecule has 1 saturated heterocycles. The van der Waals surface area contributed by atoms with Gasteiger partial charge in [0.25, 0.3) is 0 Å². The van der Waals surface area contributed by atoms with Crippen LogP contribution in [0.4, 0.5) is 0 Å². The van der Waals surface area contributed by atoms with Crippen LogP contribution in [0.3, 0.4) is 0 Å². The van der Waals surface area contributed by atoms with E-state index in [1.54, 1.807) is 4.68 Å². The number of amides is 1. The lowest BCUT2D eigenvalue weighted by atomic mass is 9.46. The number of hydrogen-bond donors (Lipinski definition) is 2. The first kappa shape index (κ1) is 14.5. The fraction of sp³-hybridized carbons (Fsp3) is 0.733. The number of carbonyl (C=O) groups excluding carboxylic acids is 1. The fourth-order valence-electron chi connectivity index (χ4n) is 3.91. The van der Waals surface area contributed by atoms with Crippen molar-refractivity contribution in [2.45, 2.75) is 44.9 Å². The summed E-state index contributed by atoms with van der Waals surface area (Å²) in [6.45, 7) is 5.24. The van der Waals surface area contributed by atoms with Crippen molar-refractivity contribution < 1.29 is 9.53 Å². The van der Waals surface area contributed by atoms with Crippen LogP contribution in [-0.4, -0.2) is 33.9 Å². The number of ether oxygens (including phenoxy) is 1. The highest BCUT2D eigenvalue weighted by Crippen LogP contribution is 2.57. The van der Waals surface area contributed by atoms with E-state index >= 15 is 0 Å². The van der Waals surface area contributed by atoms with Gasteiger partial charge in [-0.15, -0.1) is 0 Å². The summed E-state index contributed by atoms with van der Waals surface area (Å²) in [7, 11) is 1.86. The lowest BCUT2D eigenvalue weighted by molar-refractivity contribution is -0.225. The second kappa shape index (κ2) is 4.81. The Labute approximate surface area is 125 Å². The van der Waals surface area contributed by atoms with Crippen molar-refractivity contribution in [1.29, 1.82) is 0 Å². The van der Waals surface area contributed by atoms with E-state index in [2.05, 4.69) is 10.4 Å². The summed E-state index contributed by atoms with van der Waals surface area (Å²) < 4.78 is 7.55. The van der Waals surface area contributed by atoms with Crippen molar-refractivity contribution in [3.8, 4) is 0 Å². The summed E-state index contributed by atoms with van der Waals surface area (Å²) in [5.41, 5.74) is 6.17. The van der Waals surface area contributed by atoms with E-state index in [0.717, 1.165) is 25.1 Å². The van der Waals surface area contributed by atoms with Crippen LogP contribution in [0.15, 0.2) is 12.3 Å². The molecule has 1 amide bonds. The van der Waals surface area contributed by atoms with Crippen LogP contribution in [0.2, 0.25) is 0 Å². The zero-order valence-electron chi connectivity index (χ0n) is 12.9. The lowest BCUT2D eigenvalue weighted by Crippen LogP contribution is -2.82. The van der Waals surface area contributed by atoms with Gasteiger partial charge < -0.3 is 15.8 Å². The third-order valence-electron chi connectivity index (χ3n) is 5.26. The number of carbonyl (C=O) groups is 1. The Balaban J connectivity index is 1.70. The van der Waals surface area contributed by atoms with Gasteiger partial charge in [0, 0.05) is 31.2 Å². The zero-order chi connectivity index (χ0) is 15.3. The van der Waals surface area contributed by atoms with Crippen LogP contribution in [0.5, 0.6) is 0 Å². The Hall–Kier alpha value is -1.40. The van der Waals surface area contributed by atoms with Crippen LogP contribution in [0.1, 0.15) is 32.4 Å². The zero-order valence-corrected chi connectivity index (χ0v) is 12.9. The highest BCUT2D eigenvalue weighted by molar-refractivity contribution is 5.89. The first-order chi connectivity index (χ1) is 9.87. The Morgan fingerprint density at radius 1 is 1.62 bits per heavy atom. The topological polar surface area (TPSA) is 82.2 Å². The fourth-order valence-corrected chi connectivity index (χ4v) is 3.91. The van der Waals surface area contributed by atoms with Crippen LogP contribution >= 0.6 is 0 Å². The number of nitrogens with one attached hydrogen (secondary N) is 1. The Bertz CT molecular complexity index is 554. The molecule has 1 saturated carbocycles. The predicted octanol–water partition coefficient (Wildman–Crippen LogP) is 0.569. The Morgan fingerprint density at radius 2 is 2.38 bits per heavy atom. The molecule has 0 bridgehead atoms. The summed E-state index contributed by atoms with van der Waals surface area (Å²) in [6.07, 6.45) is 3.89. The second-order valence-corrected chi connectivity index (χ2v) is 6.79. The van der Waals surface area contributed by atoms with Crippen molar-refractivity contribution in [3.05, 3.63) is 18.0 Å². The van der Waals surface area contributed by atoms with Gasteiger partial charge >= 0.3 is 0 Å². The van der Waals surface area contributed by atoms with E-state index in [1.807, 2.05) is 33.2 Å². The van der Waals surface area contributed by atoms with E-state index in [1.165, 1.54) is 0 Å². The molecule has 3 unspecified atom stereocenters. The highest BCUT2D eigenvalue weighted by Gasteiger charge is 2.70. The summed E-state index contributed by atoms with van der Waals surface area (Å²) in [5.74, 6) is 0.0230. The average Bonchev–Trinajstić information content (AvgIpc) is 2.89. The van der Waals surface area contributed by atoms with Gasteiger partial charge in [0.1, 0.15) is 5.54 Å². The van der Waals surface area contributed by atoms with Crippen molar-refractivity contribution in [1.82, 2.24) is 15.1 Å². The molecule has 2 aliphatic rings. The SMILES string of the molecule is Cn1ccc(CNC(=O)C2(N)C3CCCOC3C2(C)C)n1. The molecule has 21 heavy (non-hydrogen) atoms. The number of rotatable bonds is 3. The molecule has 1 aliphatic heterocycles. The van der Waals surface area contributed by atoms with E-state index in [-0.39, 0.29) is 23.3 Å². The van der Waals surface area contributed by atoms with Crippen molar-refractivity contribution in [2.24, 2.45) is 24.1 Å². The van der Waals surface area contributed by atoms with E-state index < -0.39 is 5.54 Å². The predicted molar refractivity (Wildman–Crippen MR) is 78.2 cm³/mol. The molecule has 3 rings (SSSR count). The largest absolute Gasteiger partial charge is 0.377 e. The van der Waals surface area contributed by atoms with E-state index in [0.29, 0.717) is 6.54 Å². The van der Waals surface area contributed by atoms with Gasteiger partial charge in [-0.2, -0.15) is 5.10 Å². The molecule has 0 radical (unpaired) electrons. The van der Waals surface area contributed by atoms with Crippen LogP contribution in [-0.2, 0) is 23.1 Å². The van der Waals surface area contributed by atoms with Gasteiger partial charge in [0.05, 0.1) is 18.3 Å². The third kappa shape index (κ3) is 2.00. The molecule has 6 heteroatoms. The normalized spacial score (nSPS) is 33.9. The molecule has 6 nitrogen and oxygen atoms in total. The molecular weight excluding hydrogens is 268 g/mol. The van der Waals surface area contributed by atoms with Gasteiger partial charge in [-0.1, -0.05) is 13.8 Å². The minimum Gasteiger partial charge on any atom is -0.377 e. The molecule has 2 fully saturated rings. The molecule has 0 aromatic carbocycles. The van der Waals surface area contributed by atoms with Crippen LogP contribution in [0, 0.1) is 11.3 Å². The Morgan fingerprint density at radius 3 is 3.05 bits per heavy atom. The molecule has 1 aromatic rings. The molecule has 1 aromatic heterocycles. The smallest absolute Gasteiger partial charge is 0.241 e. The summed E-state index contributed by atoms with van der Waals surface area (Å²) in [5, 5.41) is 7.21. The molecular formula is C15H24N4O2. The molecule has 3 atom stereocenters. The number of fused-ring (bicyclic) bond motifs is 1. The van der Waals surface area contributed by atoms with E-state index in [4.69, 9.17) is 10.5 Å². The van der Waals surface area contributed by atoms with Gasteiger partial charge in [-0.25, -0.2) is 0 Å². The van der Waals surface area contributed by atoms with Gasteiger partial charge in [-0.3, -0.25) is 9.48 Å². The number of aromatic nitrogens is 2. The van der Waals surface area contributed by atoms with Gasteiger partial charge in [-0.05, 0) is 18.9 Å². The molecule has 0 spiro atoms. The molecule has 116 valence electrons. The average molecular weight is 292 g/mol. The second-order valence-electron chi connectivity index (χ2n) is 6.79. The molecule has 2 heterocycles. The number of nitrogens with zero attached hydrogens (tertiary/aromatic N) is 2. The highest BCUT2D eigenvalue weighted by atomic mass is 16.5. The number of aryl methyl sites for hydroxylation is 1. The van der Waals surface area contributed by atoms with Crippen molar-refractivity contribution in [3.63, 3.8) is 0 Å². The van der Waals surface area contributed by atoms with Crippen molar-refractivity contribution in [2.75, 3.05) is 6.61 Å². The maximum Gasteiger partial charge on any atom is 0.241 e. The lowest BCUT2D eigenvalue weighted by Gasteiger charge is -2.65. The number of nitrogens with two attached hydrogens (primary N) is 1. The summed E-state index contributed by atoms with van der Waals surface area (Å²) in [6, 6.07) is 1.89. The number of hydrogen-bond acceptors (Lipinski definition) is 4. The quantitative estimate of drug-likeness (QED) is 0.853. The minimum absolute atomic E-state index is 0.0927. The monoisotopic (exact) mass is 292 g/mol. The molecule has 1 aliphatic carbocycles.